The second-order valence-electron chi connectivity index (χ2n) is 3.89. The first-order valence-electron chi connectivity index (χ1n) is 5.01. The molecule has 0 amide bonds. The minimum Gasteiger partial charge on any atom is -0.480 e. The molecule has 2 N–H and O–H groups in total. The van der Waals surface area contributed by atoms with Crippen molar-refractivity contribution < 1.29 is 9.90 Å². The average molecular weight is 305 g/mol. The topological polar surface area (TPSA) is 49.3 Å². The van der Waals surface area contributed by atoms with Crippen molar-refractivity contribution in [2.24, 2.45) is 0 Å². The van der Waals surface area contributed by atoms with E-state index in [0.717, 1.165) is 22.9 Å². The van der Waals surface area contributed by atoms with Gasteiger partial charge in [-0.2, -0.15) is 0 Å². The number of aliphatic carboxylic acids is 1. The molecule has 0 bridgehead atoms. The number of carboxylic acids is 1. The average Bonchev–Trinajstić information content (AvgIpc) is 3.02. The zero-order chi connectivity index (χ0) is 11.7. The van der Waals surface area contributed by atoms with Gasteiger partial charge in [-0.1, -0.05) is 17.7 Å². The summed E-state index contributed by atoms with van der Waals surface area (Å²) in [4.78, 5) is 11.1. The molecule has 3 nitrogen and oxygen atoms in total. The van der Waals surface area contributed by atoms with E-state index in [2.05, 4.69) is 21.2 Å². The lowest BCUT2D eigenvalue weighted by Gasteiger charge is -2.14. The number of nitrogens with one attached hydrogen (secondary N) is 1. The standard InChI is InChI=1S/C11H11BrClNO2/c12-8-5-6(1-4-9(8)13)10(11(15)16)14-7-2-3-7/h1,4-5,7,10,14H,2-3H2,(H,15,16). The number of rotatable bonds is 4. The molecular formula is C11H11BrClNO2. The molecule has 2 rings (SSSR count). The Morgan fingerprint density at radius 1 is 1.56 bits per heavy atom. The van der Waals surface area contributed by atoms with Crippen LogP contribution in [0.25, 0.3) is 0 Å². The predicted molar refractivity (Wildman–Crippen MR) is 65.7 cm³/mol. The van der Waals surface area contributed by atoms with Crippen LogP contribution in [-0.4, -0.2) is 17.1 Å². The molecule has 1 saturated carbocycles. The van der Waals surface area contributed by atoms with Gasteiger partial charge in [0.15, 0.2) is 0 Å². The molecule has 5 heteroatoms. The molecule has 1 unspecified atom stereocenters. The van der Waals surface area contributed by atoms with Gasteiger partial charge in [0.25, 0.3) is 0 Å². The van der Waals surface area contributed by atoms with Gasteiger partial charge >= 0.3 is 5.97 Å². The quantitative estimate of drug-likeness (QED) is 0.899. The van der Waals surface area contributed by atoms with Crippen LogP contribution in [0, 0.1) is 0 Å². The van der Waals surface area contributed by atoms with Gasteiger partial charge in [0.1, 0.15) is 6.04 Å². The molecule has 1 fully saturated rings. The number of carbonyl (C=O) groups is 1. The van der Waals surface area contributed by atoms with Crippen molar-refractivity contribution in [3.8, 4) is 0 Å². The van der Waals surface area contributed by atoms with Gasteiger partial charge in [-0.05, 0) is 46.5 Å². The van der Waals surface area contributed by atoms with Gasteiger partial charge in [0, 0.05) is 10.5 Å². The van der Waals surface area contributed by atoms with Crippen LogP contribution < -0.4 is 5.32 Å². The van der Waals surface area contributed by atoms with Crippen LogP contribution >= 0.6 is 27.5 Å². The Kier molecular flexibility index (Phi) is 3.52. The lowest BCUT2D eigenvalue weighted by molar-refractivity contribution is -0.139. The molecule has 0 aliphatic heterocycles. The van der Waals surface area contributed by atoms with Gasteiger partial charge in [-0.3, -0.25) is 10.1 Å². The highest BCUT2D eigenvalue weighted by atomic mass is 79.9. The largest absolute Gasteiger partial charge is 0.480 e. The second kappa shape index (κ2) is 4.73. The fraction of sp³-hybridized carbons (Fsp3) is 0.364. The molecule has 86 valence electrons. The SMILES string of the molecule is O=C(O)C(NC1CC1)c1ccc(Cl)c(Br)c1. The van der Waals surface area contributed by atoms with E-state index in [-0.39, 0.29) is 0 Å². The van der Waals surface area contributed by atoms with Gasteiger partial charge in [-0.15, -0.1) is 0 Å². The highest BCUT2D eigenvalue weighted by Crippen LogP contribution is 2.29. The number of carboxylic acid groups (broad SMARTS) is 1. The van der Waals surface area contributed by atoms with Crippen LogP contribution in [-0.2, 0) is 4.79 Å². The van der Waals surface area contributed by atoms with Gasteiger partial charge in [0.2, 0.25) is 0 Å². The summed E-state index contributed by atoms with van der Waals surface area (Å²) in [5, 5.41) is 12.8. The molecule has 0 heterocycles. The smallest absolute Gasteiger partial charge is 0.325 e. The van der Waals surface area contributed by atoms with E-state index >= 15 is 0 Å². The van der Waals surface area contributed by atoms with Crippen molar-refractivity contribution in [3.63, 3.8) is 0 Å². The number of hydrogen-bond acceptors (Lipinski definition) is 2. The summed E-state index contributed by atoms with van der Waals surface area (Å²) < 4.78 is 0.718. The monoisotopic (exact) mass is 303 g/mol. The Bertz CT molecular complexity index is 420. The van der Waals surface area contributed by atoms with E-state index in [1.807, 2.05) is 0 Å². The number of hydrogen-bond donors (Lipinski definition) is 2. The zero-order valence-electron chi connectivity index (χ0n) is 8.41. The van der Waals surface area contributed by atoms with Crippen LogP contribution in [0.2, 0.25) is 5.02 Å². The molecule has 0 spiro atoms. The third kappa shape index (κ3) is 2.75. The van der Waals surface area contributed by atoms with Crippen molar-refractivity contribution in [1.29, 1.82) is 0 Å². The van der Waals surface area contributed by atoms with Crippen LogP contribution in [0.4, 0.5) is 0 Å². The molecule has 16 heavy (non-hydrogen) atoms. The second-order valence-corrected chi connectivity index (χ2v) is 5.15. The third-order valence-corrected chi connectivity index (χ3v) is 3.72. The summed E-state index contributed by atoms with van der Waals surface area (Å²) in [5.74, 6) is -0.860. The first kappa shape index (κ1) is 11.9. The lowest BCUT2D eigenvalue weighted by atomic mass is 10.1. The molecule has 0 radical (unpaired) electrons. The summed E-state index contributed by atoms with van der Waals surface area (Å²) >= 11 is 9.16. The van der Waals surface area contributed by atoms with E-state index in [1.165, 1.54) is 0 Å². The van der Waals surface area contributed by atoms with E-state index in [1.54, 1.807) is 18.2 Å². The van der Waals surface area contributed by atoms with Crippen LogP contribution in [0.1, 0.15) is 24.4 Å². The zero-order valence-corrected chi connectivity index (χ0v) is 10.8. The minimum absolute atomic E-state index is 0.343. The maximum absolute atomic E-state index is 11.1. The Balaban J connectivity index is 2.22. The third-order valence-electron chi connectivity index (χ3n) is 2.50. The Hall–Kier alpha value is -0.580. The molecular weight excluding hydrogens is 293 g/mol. The Morgan fingerprint density at radius 3 is 2.75 bits per heavy atom. The van der Waals surface area contributed by atoms with Crippen molar-refractivity contribution in [3.05, 3.63) is 33.3 Å². The van der Waals surface area contributed by atoms with Gasteiger partial charge in [-0.25, -0.2) is 0 Å². The summed E-state index contributed by atoms with van der Waals surface area (Å²) in [6.45, 7) is 0. The van der Waals surface area contributed by atoms with Crippen LogP contribution in [0.5, 0.6) is 0 Å². The van der Waals surface area contributed by atoms with E-state index < -0.39 is 12.0 Å². The summed E-state index contributed by atoms with van der Waals surface area (Å²) in [7, 11) is 0. The normalized spacial score (nSPS) is 17.1. The van der Waals surface area contributed by atoms with Crippen LogP contribution in [0.3, 0.4) is 0 Å². The fourth-order valence-corrected chi connectivity index (χ4v) is 2.00. The Labute approximate surface area is 107 Å². The van der Waals surface area contributed by atoms with E-state index in [0.29, 0.717) is 11.1 Å². The van der Waals surface area contributed by atoms with Crippen molar-refractivity contribution in [2.45, 2.75) is 24.9 Å². The predicted octanol–water partition coefficient (Wildman–Crippen LogP) is 2.98. The molecule has 1 aliphatic rings. The summed E-state index contributed by atoms with van der Waals surface area (Å²) in [6.07, 6.45) is 2.11. The van der Waals surface area contributed by atoms with Crippen molar-refractivity contribution in [2.75, 3.05) is 0 Å². The lowest BCUT2D eigenvalue weighted by Crippen LogP contribution is -2.30. The maximum Gasteiger partial charge on any atom is 0.325 e. The van der Waals surface area contributed by atoms with Crippen LogP contribution in [0.15, 0.2) is 22.7 Å². The van der Waals surface area contributed by atoms with Gasteiger partial charge < -0.3 is 5.11 Å². The molecule has 1 aliphatic carbocycles. The van der Waals surface area contributed by atoms with E-state index in [9.17, 15) is 4.79 Å². The van der Waals surface area contributed by atoms with Gasteiger partial charge in [0.05, 0.1) is 5.02 Å². The number of benzene rings is 1. The summed E-state index contributed by atoms with van der Waals surface area (Å²) in [5.41, 5.74) is 0.718. The first-order valence-corrected chi connectivity index (χ1v) is 6.19. The highest BCUT2D eigenvalue weighted by molar-refractivity contribution is 9.10. The molecule has 1 aromatic rings. The minimum atomic E-state index is -0.860. The van der Waals surface area contributed by atoms with E-state index in [4.69, 9.17) is 16.7 Å². The summed E-state index contributed by atoms with van der Waals surface area (Å²) in [6, 6.07) is 4.88. The van der Waals surface area contributed by atoms with Crippen molar-refractivity contribution >= 4 is 33.5 Å². The van der Waals surface area contributed by atoms with Crippen molar-refractivity contribution in [1.82, 2.24) is 5.32 Å². The highest BCUT2D eigenvalue weighted by Gasteiger charge is 2.29. The first-order chi connectivity index (χ1) is 7.58. The molecule has 0 saturated heterocycles. The molecule has 1 aromatic carbocycles. The Morgan fingerprint density at radius 2 is 2.25 bits per heavy atom. The molecule has 0 aromatic heterocycles. The number of halogens is 2. The molecule has 1 atom stereocenters. The fourth-order valence-electron chi connectivity index (χ4n) is 1.49. The maximum atomic E-state index is 11.1.